The van der Waals surface area contributed by atoms with Gasteiger partial charge in [-0.2, -0.15) is 5.10 Å². The van der Waals surface area contributed by atoms with Crippen LogP contribution in [0.2, 0.25) is 0 Å². The number of pyridine rings is 2. The molecule has 1 fully saturated rings. The zero-order valence-corrected chi connectivity index (χ0v) is 23.3. The third-order valence-corrected chi connectivity index (χ3v) is 10.2. The molecule has 206 valence electrons. The van der Waals surface area contributed by atoms with Crippen LogP contribution in [0.4, 0.5) is 4.39 Å². The number of hydrogen-bond donors (Lipinski definition) is 0. The Morgan fingerprint density at radius 1 is 1.02 bits per heavy atom. The number of aromatic nitrogens is 4. The highest BCUT2D eigenvalue weighted by molar-refractivity contribution is 7.88. The van der Waals surface area contributed by atoms with Crippen LogP contribution in [-0.4, -0.2) is 45.6 Å². The summed E-state index contributed by atoms with van der Waals surface area (Å²) in [6.45, 7) is 3.07. The van der Waals surface area contributed by atoms with Gasteiger partial charge in [0.2, 0.25) is 10.0 Å². The van der Waals surface area contributed by atoms with Crippen LogP contribution in [0.15, 0.2) is 84.8 Å². The predicted molar refractivity (Wildman–Crippen MR) is 152 cm³/mol. The van der Waals surface area contributed by atoms with Gasteiger partial charge in [0.05, 0.1) is 23.3 Å². The second kappa shape index (κ2) is 10.7. The standard InChI is InChI=1S/C31H32FN5O2S/c1-31-19-23-20-35-37(29-12-10-26(32)11-13-29)30(23)18-24(31)8-9-25(31)21-36(17-14-27-6-2-4-15-33-27)40(38,39)22-28-7-3-5-16-34-28/h2-7,10-13,15-16,18,20,25H,8-9,14,17,19,21-22H2,1H3/t25-,31+/m1/s1. The van der Waals surface area contributed by atoms with E-state index in [-0.39, 0.29) is 22.9 Å². The van der Waals surface area contributed by atoms with E-state index < -0.39 is 10.0 Å². The van der Waals surface area contributed by atoms with Gasteiger partial charge in [-0.05, 0) is 90.8 Å². The average molecular weight is 558 g/mol. The van der Waals surface area contributed by atoms with Gasteiger partial charge in [0.15, 0.2) is 0 Å². The molecule has 40 heavy (non-hydrogen) atoms. The third kappa shape index (κ3) is 5.23. The summed E-state index contributed by atoms with van der Waals surface area (Å²) >= 11 is 0. The van der Waals surface area contributed by atoms with Gasteiger partial charge in [-0.3, -0.25) is 9.97 Å². The molecule has 0 N–H and O–H groups in total. The summed E-state index contributed by atoms with van der Waals surface area (Å²) in [4.78, 5) is 8.69. The molecule has 3 heterocycles. The van der Waals surface area contributed by atoms with Crippen molar-refractivity contribution in [3.8, 4) is 5.69 Å². The zero-order valence-electron chi connectivity index (χ0n) is 22.4. The molecule has 0 aliphatic heterocycles. The molecular formula is C31H32FN5O2S. The smallest absolute Gasteiger partial charge is 0.219 e. The van der Waals surface area contributed by atoms with Crippen LogP contribution in [0.25, 0.3) is 11.8 Å². The van der Waals surface area contributed by atoms with Crippen LogP contribution in [0.1, 0.15) is 42.4 Å². The molecule has 0 bridgehead atoms. The van der Waals surface area contributed by atoms with E-state index >= 15 is 0 Å². The maximum atomic E-state index is 13.8. The van der Waals surface area contributed by atoms with E-state index in [1.165, 1.54) is 17.7 Å². The molecule has 2 aliphatic carbocycles. The van der Waals surface area contributed by atoms with Crippen molar-refractivity contribution in [1.29, 1.82) is 0 Å². The van der Waals surface area contributed by atoms with Gasteiger partial charge in [0, 0.05) is 37.6 Å². The first-order valence-corrected chi connectivity index (χ1v) is 15.2. The monoisotopic (exact) mass is 557 g/mol. The normalized spacial score (nSPS) is 20.3. The third-order valence-electron chi connectivity index (χ3n) is 8.44. The Morgan fingerprint density at radius 3 is 2.45 bits per heavy atom. The fraction of sp³-hybridized carbons (Fsp3) is 0.323. The lowest BCUT2D eigenvalue weighted by Gasteiger charge is -2.38. The Balaban J connectivity index is 1.26. The Hall–Kier alpha value is -3.69. The molecule has 0 unspecified atom stereocenters. The predicted octanol–water partition coefficient (Wildman–Crippen LogP) is 5.23. The van der Waals surface area contributed by atoms with Gasteiger partial charge >= 0.3 is 0 Å². The summed E-state index contributed by atoms with van der Waals surface area (Å²) < 4.78 is 44.6. The average Bonchev–Trinajstić information content (AvgIpc) is 3.50. The minimum absolute atomic E-state index is 0.128. The van der Waals surface area contributed by atoms with Gasteiger partial charge < -0.3 is 0 Å². The molecule has 1 saturated carbocycles. The van der Waals surface area contributed by atoms with Crippen molar-refractivity contribution < 1.29 is 12.8 Å². The second-order valence-corrected chi connectivity index (χ2v) is 12.9. The lowest BCUT2D eigenvalue weighted by Crippen LogP contribution is -2.42. The zero-order chi connectivity index (χ0) is 27.7. The van der Waals surface area contributed by atoms with Gasteiger partial charge in [0.25, 0.3) is 0 Å². The number of halogens is 1. The van der Waals surface area contributed by atoms with Crippen molar-refractivity contribution >= 4 is 16.1 Å². The highest BCUT2D eigenvalue weighted by Gasteiger charge is 2.47. The molecular weight excluding hydrogens is 525 g/mol. The Kier molecular flexibility index (Phi) is 7.10. The van der Waals surface area contributed by atoms with Crippen molar-refractivity contribution in [2.75, 3.05) is 13.1 Å². The summed E-state index contributed by atoms with van der Waals surface area (Å²) in [5.74, 6) is -0.250. The fourth-order valence-electron chi connectivity index (χ4n) is 6.15. The number of hydrogen-bond acceptors (Lipinski definition) is 5. The first-order valence-electron chi connectivity index (χ1n) is 13.6. The van der Waals surface area contributed by atoms with Crippen molar-refractivity contribution in [3.63, 3.8) is 0 Å². The van der Waals surface area contributed by atoms with E-state index in [4.69, 9.17) is 0 Å². The first kappa shape index (κ1) is 26.5. The van der Waals surface area contributed by atoms with E-state index in [1.54, 1.807) is 41.0 Å². The molecule has 9 heteroatoms. The van der Waals surface area contributed by atoms with E-state index in [1.807, 2.05) is 35.1 Å². The quantitative estimate of drug-likeness (QED) is 0.282. The van der Waals surface area contributed by atoms with Crippen molar-refractivity contribution in [3.05, 3.63) is 113 Å². The molecule has 2 atom stereocenters. The molecule has 1 aromatic carbocycles. The Morgan fingerprint density at radius 2 is 1.75 bits per heavy atom. The number of rotatable bonds is 9. The fourth-order valence-corrected chi connectivity index (χ4v) is 7.65. The van der Waals surface area contributed by atoms with Crippen LogP contribution in [-0.2, 0) is 28.6 Å². The van der Waals surface area contributed by atoms with Crippen LogP contribution in [0, 0.1) is 17.2 Å². The molecule has 0 saturated heterocycles. The topological polar surface area (TPSA) is 81.0 Å². The van der Waals surface area contributed by atoms with Gasteiger partial charge in [-0.1, -0.05) is 24.6 Å². The molecule has 0 amide bonds. The summed E-state index contributed by atoms with van der Waals surface area (Å²) in [6.07, 6.45) is 10.6. The minimum atomic E-state index is -3.62. The van der Waals surface area contributed by atoms with E-state index in [0.29, 0.717) is 25.2 Å². The first-order chi connectivity index (χ1) is 19.3. The lowest BCUT2D eigenvalue weighted by atomic mass is 9.70. The molecule has 3 aromatic heterocycles. The minimum Gasteiger partial charge on any atom is -0.261 e. The molecule has 6 rings (SSSR count). The van der Waals surface area contributed by atoms with Crippen LogP contribution in [0.3, 0.4) is 0 Å². The Labute approximate surface area is 234 Å². The van der Waals surface area contributed by atoms with E-state index in [2.05, 4.69) is 28.1 Å². The summed E-state index contributed by atoms with van der Waals surface area (Å²) in [5.41, 5.74) is 5.52. The molecule has 2 aliphatic rings. The number of allylic oxidation sites excluding steroid dienone is 1. The van der Waals surface area contributed by atoms with Gasteiger partial charge in [-0.25, -0.2) is 21.8 Å². The molecule has 0 radical (unpaired) electrons. The van der Waals surface area contributed by atoms with Crippen molar-refractivity contribution in [2.24, 2.45) is 11.3 Å². The molecule has 7 nitrogen and oxygen atoms in total. The number of fused-ring (bicyclic) bond motifs is 2. The van der Waals surface area contributed by atoms with E-state index in [0.717, 1.165) is 41.9 Å². The largest absolute Gasteiger partial charge is 0.261 e. The number of sulfonamides is 1. The van der Waals surface area contributed by atoms with E-state index in [9.17, 15) is 12.8 Å². The van der Waals surface area contributed by atoms with Crippen LogP contribution < -0.4 is 0 Å². The van der Waals surface area contributed by atoms with Gasteiger partial charge in [0.1, 0.15) is 11.6 Å². The number of nitrogens with zero attached hydrogens (tertiary/aromatic N) is 5. The number of benzene rings is 1. The summed E-state index contributed by atoms with van der Waals surface area (Å²) in [5, 5.41) is 4.62. The van der Waals surface area contributed by atoms with Crippen LogP contribution >= 0.6 is 0 Å². The highest BCUT2D eigenvalue weighted by atomic mass is 32.2. The van der Waals surface area contributed by atoms with Crippen molar-refractivity contribution in [1.82, 2.24) is 24.1 Å². The van der Waals surface area contributed by atoms with Crippen LogP contribution in [0.5, 0.6) is 0 Å². The summed E-state index contributed by atoms with van der Waals surface area (Å²) in [7, 11) is -3.62. The lowest BCUT2D eigenvalue weighted by molar-refractivity contribution is 0.221. The highest BCUT2D eigenvalue weighted by Crippen LogP contribution is 2.53. The molecule has 4 aromatic rings. The van der Waals surface area contributed by atoms with Gasteiger partial charge in [-0.15, -0.1) is 0 Å². The maximum Gasteiger partial charge on any atom is 0.219 e. The maximum absolute atomic E-state index is 13.8. The second-order valence-electron chi connectivity index (χ2n) is 10.9. The summed E-state index contributed by atoms with van der Waals surface area (Å²) in [6, 6.07) is 17.4. The Bertz CT molecular complexity index is 1620. The SMILES string of the molecule is C[C@]12Cc3cnn(-c4ccc(F)cc4)c3C=C1CC[C@@H]2CN(CCc1ccccn1)S(=O)(=O)Cc1ccccn1. The van der Waals surface area contributed by atoms with Crippen molar-refractivity contribution in [2.45, 2.75) is 38.4 Å². The molecule has 0 spiro atoms.